The molecule has 1 heterocycles. The number of hydrogen-bond donors (Lipinski definition) is 0. The standard InChI is InChI=1S/C20H19NO4S/c1-14(13-26-19(23)16-10-6-3-7-11-16)18(22)21-17(12-25-20(21)24)15-8-4-2-5-9-15/h2-11,14,17H,12-13H2,1H3/t14?,17-/m1/s1. The number of benzene rings is 2. The van der Waals surface area contributed by atoms with Crippen LogP contribution in [0.3, 0.4) is 0 Å². The van der Waals surface area contributed by atoms with Crippen molar-refractivity contribution < 1.29 is 19.1 Å². The van der Waals surface area contributed by atoms with Gasteiger partial charge in [0.1, 0.15) is 12.6 Å². The molecular weight excluding hydrogens is 350 g/mol. The third kappa shape index (κ3) is 3.96. The van der Waals surface area contributed by atoms with Crippen LogP contribution in [0.4, 0.5) is 4.79 Å². The lowest BCUT2D eigenvalue weighted by atomic mass is 10.1. The second-order valence-electron chi connectivity index (χ2n) is 6.08. The van der Waals surface area contributed by atoms with Gasteiger partial charge in [0, 0.05) is 17.2 Å². The minimum absolute atomic E-state index is 0.0890. The van der Waals surface area contributed by atoms with Gasteiger partial charge in [-0.2, -0.15) is 0 Å². The molecule has 0 radical (unpaired) electrons. The fraction of sp³-hybridized carbons (Fsp3) is 0.250. The van der Waals surface area contributed by atoms with Crippen LogP contribution in [0.1, 0.15) is 28.9 Å². The van der Waals surface area contributed by atoms with Crippen molar-refractivity contribution in [2.24, 2.45) is 5.92 Å². The second kappa shape index (κ2) is 8.19. The fourth-order valence-electron chi connectivity index (χ4n) is 2.75. The van der Waals surface area contributed by atoms with Gasteiger partial charge >= 0.3 is 6.09 Å². The third-order valence-corrected chi connectivity index (χ3v) is 5.35. The van der Waals surface area contributed by atoms with E-state index in [0.717, 1.165) is 17.3 Å². The van der Waals surface area contributed by atoms with E-state index in [1.54, 1.807) is 31.2 Å². The van der Waals surface area contributed by atoms with E-state index in [1.165, 1.54) is 4.90 Å². The average molecular weight is 369 g/mol. The van der Waals surface area contributed by atoms with E-state index in [9.17, 15) is 14.4 Å². The summed E-state index contributed by atoms with van der Waals surface area (Å²) in [6, 6.07) is 17.8. The lowest BCUT2D eigenvalue weighted by Gasteiger charge is -2.23. The maximum Gasteiger partial charge on any atom is 0.417 e. The van der Waals surface area contributed by atoms with E-state index < -0.39 is 18.1 Å². The summed E-state index contributed by atoms with van der Waals surface area (Å²) in [4.78, 5) is 38.2. The highest BCUT2D eigenvalue weighted by molar-refractivity contribution is 8.14. The third-order valence-electron chi connectivity index (χ3n) is 4.19. The second-order valence-corrected chi connectivity index (χ2v) is 7.07. The minimum atomic E-state index is -0.630. The van der Waals surface area contributed by atoms with Gasteiger partial charge in [0.2, 0.25) is 11.0 Å². The van der Waals surface area contributed by atoms with Crippen molar-refractivity contribution in [3.05, 3.63) is 71.8 Å². The van der Waals surface area contributed by atoms with Crippen LogP contribution in [0.25, 0.3) is 0 Å². The Hall–Kier alpha value is -2.60. The van der Waals surface area contributed by atoms with Crippen LogP contribution in [0.15, 0.2) is 60.7 Å². The Morgan fingerprint density at radius 1 is 1.12 bits per heavy atom. The number of rotatable bonds is 5. The summed E-state index contributed by atoms with van der Waals surface area (Å²) in [5.41, 5.74) is 1.45. The molecule has 0 aliphatic carbocycles. The molecule has 1 aliphatic heterocycles. The number of cyclic esters (lactones) is 1. The van der Waals surface area contributed by atoms with Crippen LogP contribution in [0.5, 0.6) is 0 Å². The summed E-state index contributed by atoms with van der Waals surface area (Å²) in [7, 11) is 0. The first-order valence-corrected chi connectivity index (χ1v) is 9.33. The van der Waals surface area contributed by atoms with Gasteiger partial charge in [-0.15, -0.1) is 0 Å². The van der Waals surface area contributed by atoms with E-state index in [-0.39, 0.29) is 17.6 Å². The van der Waals surface area contributed by atoms with Crippen LogP contribution in [-0.4, -0.2) is 34.4 Å². The van der Waals surface area contributed by atoms with Crippen molar-refractivity contribution in [2.75, 3.05) is 12.4 Å². The van der Waals surface area contributed by atoms with Gasteiger partial charge in [-0.25, -0.2) is 9.69 Å². The molecule has 0 aromatic heterocycles. The Bertz CT molecular complexity index is 794. The molecule has 26 heavy (non-hydrogen) atoms. The molecule has 2 aromatic carbocycles. The lowest BCUT2D eigenvalue weighted by molar-refractivity contribution is -0.132. The quantitative estimate of drug-likeness (QED) is 0.799. The topological polar surface area (TPSA) is 63.7 Å². The molecule has 6 heteroatoms. The van der Waals surface area contributed by atoms with E-state index >= 15 is 0 Å². The molecule has 1 aliphatic rings. The zero-order chi connectivity index (χ0) is 18.5. The summed E-state index contributed by atoms with van der Waals surface area (Å²) in [6.45, 7) is 1.87. The fourth-order valence-corrected chi connectivity index (χ4v) is 3.60. The van der Waals surface area contributed by atoms with Crippen LogP contribution in [0.2, 0.25) is 0 Å². The Morgan fingerprint density at radius 2 is 1.73 bits per heavy atom. The predicted molar refractivity (Wildman–Crippen MR) is 99.8 cm³/mol. The van der Waals surface area contributed by atoms with Crippen molar-refractivity contribution >= 4 is 28.9 Å². The number of ether oxygens (including phenoxy) is 1. The van der Waals surface area contributed by atoms with Crippen molar-refractivity contribution in [1.29, 1.82) is 0 Å². The van der Waals surface area contributed by atoms with Gasteiger partial charge in [-0.05, 0) is 5.56 Å². The summed E-state index contributed by atoms with van der Waals surface area (Å²) in [5.74, 6) is -0.503. The first-order valence-electron chi connectivity index (χ1n) is 8.35. The number of amides is 2. The molecule has 0 saturated carbocycles. The Kier molecular flexibility index (Phi) is 5.73. The SMILES string of the molecule is CC(CSC(=O)c1ccccc1)C(=O)N1C(=O)OC[C@@H]1c1ccccc1. The van der Waals surface area contributed by atoms with E-state index in [2.05, 4.69) is 0 Å². The number of thioether (sulfide) groups is 1. The highest BCUT2D eigenvalue weighted by Crippen LogP contribution is 2.30. The van der Waals surface area contributed by atoms with Crippen molar-refractivity contribution in [3.63, 3.8) is 0 Å². The van der Waals surface area contributed by atoms with Gasteiger partial charge in [0.15, 0.2) is 0 Å². The van der Waals surface area contributed by atoms with Gasteiger partial charge < -0.3 is 4.74 Å². The van der Waals surface area contributed by atoms with Crippen molar-refractivity contribution in [2.45, 2.75) is 13.0 Å². The summed E-state index contributed by atoms with van der Waals surface area (Å²) in [6.07, 6.45) is -0.630. The largest absolute Gasteiger partial charge is 0.446 e. The Labute approximate surface area is 156 Å². The van der Waals surface area contributed by atoms with Crippen LogP contribution in [-0.2, 0) is 9.53 Å². The highest BCUT2D eigenvalue weighted by Gasteiger charge is 2.40. The molecule has 1 unspecified atom stereocenters. The molecule has 2 aromatic rings. The number of hydrogen-bond acceptors (Lipinski definition) is 5. The summed E-state index contributed by atoms with van der Waals surface area (Å²) >= 11 is 1.08. The van der Waals surface area contributed by atoms with Crippen LogP contribution in [0, 0.1) is 5.92 Å². The molecular formula is C20H19NO4S. The maximum absolute atomic E-state index is 12.8. The lowest BCUT2D eigenvalue weighted by Crippen LogP contribution is -2.38. The highest BCUT2D eigenvalue weighted by atomic mass is 32.2. The molecule has 1 fully saturated rings. The maximum atomic E-state index is 12.8. The van der Waals surface area contributed by atoms with E-state index in [1.807, 2.05) is 36.4 Å². The molecule has 1 saturated heterocycles. The summed E-state index contributed by atoms with van der Waals surface area (Å²) < 4.78 is 5.09. The molecule has 0 bridgehead atoms. The smallest absolute Gasteiger partial charge is 0.417 e. The molecule has 2 amide bonds. The summed E-state index contributed by atoms with van der Waals surface area (Å²) in [5, 5.41) is -0.0890. The van der Waals surface area contributed by atoms with Gasteiger partial charge in [-0.1, -0.05) is 79.3 Å². The molecule has 3 rings (SSSR count). The van der Waals surface area contributed by atoms with E-state index in [4.69, 9.17) is 4.74 Å². The monoisotopic (exact) mass is 369 g/mol. The predicted octanol–water partition coefficient (Wildman–Crippen LogP) is 3.92. The van der Waals surface area contributed by atoms with Crippen LogP contribution >= 0.6 is 11.8 Å². The van der Waals surface area contributed by atoms with Gasteiger partial charge in [0.25, 0.3) is 0 Å². The first kappa shape index (κ1) is 18.2. The zero-order valence-corrected chi connectivity index (χ0v) is 15.1. The molecule has 5 nitrogen and oxygen atoms in total. The average Bonchev–Trinajstić information content (AvgIpc) is 3.08. The number of carbonyl (C=O) groups is 3. The zero-order valence-electron chi connectivity index (χ0n) is 14.3. The Morgan fingerprint density at radius 3 is 2.38 bits per heavy atom. The number of carbonyl (C=O) groups excluding carboxylic acids is 3. The van der Waals surface area contributed by atoms with Gasteiger partial charge in [-0.3, -0.25) is 9.59 Å². The molecule has 0 N–H and O–H groups in total. The van der Waals surface area contributed by atoms with Gasteiger partial charge in [0.05, 0.1) is 0 Å². The number of nitrogens with zero attached hydrogens (tertiary/aromatic N) is 1. The molecule has 2 atom stereocenters. The van der Waals surface area contributed by atoms with Crippen LogP contribution < -0.4 is 0 Å². The Balaban J connectivity index is 1.65. The first-order chi connectivity index (χ1) is 12.6. The molecule has 0 spiro atoms. The van der Waals surface area contributed by atoms with E-state index in [0.29, 0.717) is 11.3 Å². The normalized spacial score (nSPS) is 17.7. The van der Waals surface area contributed by atoms with Crippen molar-refractivity contribution in [1.82, 2.24) is 4.90 Å². The number of imide groups is 1. The molecule has 134 valence electrons. The minimum Gasteiger partial charge on any atom is -0.446 e. The van der Waals surface area contributed by atoms with Crippen molar-refractivity contribution in [3.8, 4) is 0 Å².